The largest absolute Gasteiger partial charge is 0.490 e. The van der Waals surface area contributed by atoms with Crippen LogP contribution in [0, 0.1) is 0 Å². The zero-order valence-electron chi connectivity index (χ0n) is 13.9. The van der Waals surface area contributed by atoms with E-state index in [1.165, 1.54) is 10.6 Å². The molecule has 1 N–H and O–H groups in total. The molecule has 2 aromatic heterocycles. The maximum Gasteiger partial charge on any atom is 0.435 e. The van der Waals surface area contributed by atoms with E-state index < -0.39 is 18.5 Å². The van der Waals surface area contributed by atoms with Gasteiger partial charge in [-0.1, -0.05) is 29.3 Å². The van der Waals surface area contributed by atoms with Gasteiger partial charge in [-0.05, 0) is 42.7 Å². The summed E-state index contributed by atoms with van der Waals surface area (Å²) >= 11 is 12.0. The summed E-state index contributed by atoms with van der Waals surface area (Å²) in [6, 6.07) is 8.30. The normalized spacial score (nSPS) is 11.9. The molecule has 0 bridgehead atoms. The number of nitrogens with zero attached hydrogens (tertiary/aromatic N) is 2. The van der Waals surface area contributed by atoms with E-state index in [0.717, 1.165) is 5.56 Å². The highest BCUT2D eigenvalue weighted by molar-refractivity contribution is 6.35. The summed E-state index contributed by atoms with van der Waals surface area (Å²) in [5.41, 5.74) is -0.520. The van der Waals surface area contributed by atoms with Crippen LogP contribution in [0.15, 0.2) is 36.5 Å². The highest BCUT2D eigenvalue weighted by Crippen LogP contribution is 2.34. The van der Waals surface area contributed by atoms with Gasteiger partial charge in [-0.25, -0.2) is 4.98 Å². The maximum atomic E-state index is 13.1. The molecule has 2 heterocycles. The molecule has 9 heteroatoms. The molecule has 0 spiro atoms. The Morgan fingerprint density at radius 2 is 1.96 bits per heavy atom. The maximum absolute atomic E-state index is 13.1. The summed E-state index contributed by atoms with van der Waals surface area (Å²) in [4.78, 5) is 3.63. The number of pyridine rings is 1. The van der Waals surface area contributed by atoms with E-state index in [-0.39, 0.29) is 23.7 Å². The van der Waals surface area contributed by atoms with Crippen LogP contribution in [0.4, 0.5) is 13.2 Å². The third-order valence-corrected chi connectivity index (χ3v) is 4.58. The lowest BCUT2D eigenvalue weighted by Crippen LogP contribution is -2.09. The Bertz CT molecular complexity index is 958. The Balaban J connectivity index is 1.74. The molecule has 0 atom stereocenters. The van der Waals surface area contributed by atoms with Crippen molar-refractivity contribution in [3.63, 3.8) is 0 Å². The van der Waals surface area contributed by atoms with Gasteiger partial charge in [0.25, 0.3) is 0 Å². The zero-order valence-corrected chi connectivity index (χ0v) is 15.4. The minimum absolute atomic E-state index is 0.0124. The average molecular weight is 419 g/mol. The molecular formula is C18H15Cl2F3N2O2. The van der Waals surface area contributed by atoms with E-state index in [4.69, 9.17) is 27.9 Å². The predicted molar refractivity (Wildman–Crippen MR) is 96.4 cm³/mol. The van der Waals surface area contributed by atoms with Crippen molar-refractivity contribution >= 4 is 28.8 Å². The lowest BCUT2D eigenvalue weighted by Gasteiger charge is -2.09. The molecule has 144 valence electrons. The van der Waals surface area contributed by atoms with Gasteiger partial charge in [0.2, 0.25) is 0 Å². The molecule has 0 aliphatic heterocycles. The molecule has 0 saturated heterocycles. The summed E-state index contributed by atoms with van der Waals surface area (Å²) in [5.74, 6) is 0.213. The van der Waals surface area contributed by atoms with Crippen molar-refractivity contribution in [1.29, 1.82) is 0 Å². The molecule has 1 aromatic carbocycles. The lowest BCUT2D eigenvalue weighted by atomic mass is 10.1. The van der Waals surface area contributed by atoms with Crippen LogP contribution in [0.5, 0.6) is 5.75 Å². The first-order chi connectivity index (χ1) is 12.8. The molecule has 0 aliphatic rings. The third kappa shape index (κ3) is 4.31. The smallest absolute Gasteiger partial charge is 0.435 e. The fourth-order valence-corrected chi connectivity index (χ4v) is 3.25. The Morgan fingerprint density at radius 3 is 2.63 bits per heavy atom. The van der Waals surface area contributed by atoms with Crippen molar-refractivity contribution in [3.8, 4) is 5.75 Å². The van der Waals surface area contributed by atoms with Gasteiger partial charge < -0.3 is 9.84 Å². The van der Waals surface area contributed by atoms with Crippen molar-refractivity contribution < 1.29 is 23.0 Å². The Hall–Kier alpha value is -1.96. The molecule has 0 unspecified atom stereocenters. The fourth-order valence-electron chi connectivity index (χ4n) is 2.75. The van der Waals surface area contributed by atoms with Gasteiger partial charge in [-0.15, -0.1) is 0 Å². The number of aromatic nitrogens is 2. The number of benzene rings is 1. The van der Waals surface area contributed by atoms with Gasteiger partial charge in [0.15, 0.2) is 17.1 Å². The summed E-state index contributed by atoms with van der Waals surface area (Å²) < 4.78 is 46.2. The minimum atomic E-state index is -4.66. The number of hydrogen-bond acceptors (Lipinski definition) is 3. The van der Waals surface area contributed by atoms with Gasteiger partial charge in [0, 0.05) is 16.2 Å². The van der Waals surface area contributed by atoms with Crippen molar-refractivity contribution in [2.24, 2.45) is 0 Å². The third-order valence-electron chi connectivity index (χ3n) is 3.99. The lowest BCUT2D eigenvalue weighted by molar-refractivity contribution is -0.142. The van der Waals surface area contributed by atoms with Crippen LogP contribution < -0.4 is 4.74 Å². The number of fused-ring (bicyclic) bond motifs is 1. The molecule has 3 aromatic rings. The monoisotopic (exact) mass is 418 g/mol. The number of alkyl halides is 3. The van der Waals surface area contributed by atoms with Crippen molar-refractivity contribution in [1.82, 2.24) is 9.38 Å². The Labute approximate surface area is 163 Å². The van der Waals surface area contributed by atoms with Crippen LogP contribution in [0.1, 0.15) is 23.4 Å². The molecule has 0 amide bonds. The van der Waals surface area contributed by atoms with E-state index in [1.807, 2.05) is 6.07 Å². The van der Waals surface area contributed by atoms with E-state index >= 15 is 0 Å². The minimum Gasteiger partial charge on any atom is -0.490 e. The highest BCUT2D eigenvalue weighted by Gasteiger charge is 2.38. The van der Waals surface area contributed by atoms with Gasteiger partial charge in [0.1, 0.15) is 0 Å². The molecule has 0 fully saturated rings. The van der Waals surface area contributed by atoms with E-state index in [2.05, 4.69) is 4.98 Å². The summed E-state index contributed by atoms with van der Waals surface area (Å²) in [6.45, 7) is -0.518. The zero-order chi connectivity index (χ0) is 19.6. The van der Waals surface area contributed by atoms with Crippen molar-refractivity contribution in [2.75, 3.05) is 6.61 Å². The number of hydrogen-bond donors (Lipinski definition) is 1. The molecular weight excluding hydrogens is 404 g/mol. The van der Waals surface area contributed by atoms with Crippen LogP contribution in [0.3, 0.4) is 0 Å². The molecule has 27 heavy (non-hydrogen) atoms. The van der Waals surface area contributed by atoms with E-state index in [1.54, 1.807) is 24.3 Å². The summed E-state index contributed by atoms with van der Waals surface area (Å²) in [5, 5.41) is 10.4. The SMILES string of the molecule is OCc1c(C(F)(F)F)nc2c(OCCCc3ccc(Cl)cc3Cl)cccn12. The van der Waals surface area contributed by atoms with Crippen molar-refractivity contribution in [3.05, 3.63) is 63.5 Å². The first-order valence-corrected chi connectivity index (χ1v) is 8.81. The van der Waals surface area contributed by atoms with E-state index in [0.29, 0.717) is 22.9 Å². The number of halogens is 5. The molecule has 0 radical (unpaired) electrons. The number of ether oxygens (including phenoxy) is 1. The molecule has 3 rings (SSSR count). The van der Waals surface area contributed by atoms with Crippen LogP contribution in [-0.2, 0) is 19.2 Å². The Kier molecular flexibility index (Phi) is 5.83. The number of imidazole rings is 1. The van der Waals surface area contributed by atoms with Crippen LogP contribution >= 0.6 is 23.2 Å². The molecule has 0 aliphatic carbocycles. The number of aryl methyl sites for hydroxylation is 1. The fraction of sp³-hybridized carbons (Fsp3) is 0.278. The van der Waals surface area contributed by atoms with Crippen LogP contribution in [0.2, 0.25) is 10.0 Å². The average Bonchev–Trinajstić information content (AvgIpc) is 3.00. The summed E-state index contributed by atoms with van der Waals surface area (Å²) in [7, 11) is 0. The number of aliphatic hydroxyl groups is 1. The Morgan fingerprint density at radius 1 is 1.19 bits per heavy atom. The second-order valence-electron chi connectivity index (χ2n) is 5.82. The first-order valence-electron chi connectivity index (χ1n) is 8.06. The standard InChI is InChI=1S/C18H15Cl2F3N2O2/c19-12-6-5-11(13(20)9-12)3-2-8-27-15-4-1-7-25-14(10-26)16(18(21,22)23)24-17(15)25/h1,4-7,9,26H,2-3,8,10H2. The number of rotatable bonds is 6. The van der Waals surface area contributed by atoms with Gasteiger partial charge in [-0.3, -0.25) is 4.40 Å². The molecule has 4 nitrogen and oxygen atoms in total. The second kappa shape index (κ2) is 7.96. The topological polar surface area (TPSA) is 46.8 Å². The highest BCUT2D eigenvalue weighted by atomic mass is 35.5. The number of aliphatic hydroxyl groups excluding tert-OH is 1. The van der Waals surface area contributed by atoms with Gasteiger partial charge in [-0.2, -0.15) is 13.2 Å². The quantitative estimate of drug-likeness (QED) is 0.562. The summed E-state index contributed by atoms with van der Waals surface area (Å²) in [6.07, 6.45) is -2.03. The second-order valence-corrected chi connectivity index (χ2v) is 6.66. The molecule has 0 saturated carbocycles. The predicted octanol–water partition coefficient (Wildman–Crippen LogP) is 5.16. The van der Waals surface area contributed by atoms with Gasteiger partial charge in [0.05, 0.1) is 18.9 Å². The first kappa shape index (κ1) is 19.8. The van der Waals surface area contributed by atoms with E-state index in [9.17, 15) is 18.3 Å². The van der Waals surface area contributed by atoms with Crippen molar-refractivity contribution in [2.45, 2.75) is 25.6 Å². The van der Waals surface area contributed by atoms with Gasteiger partial charge >= 0.3 is 6.18 Å². The van der Waals surface area contributed by atoms with Crippen LogP contribution in [-0.4, -0.2) is 21.1 Å². The van der Waals surface area contributed by atoms with Crippen LogP contribution in [0.25, 0.3) is 5.65 Å².